The number of carbonyl (C=O) groups is 1. The summed E-state index contributed by atoms with van der Waals surface area (Å²) >= 11 is 0. The highest BCUT2D eigenvalue weighted by Gasteiger charge is 2.32. The molecular formula is C8H11NO2. The normalized spacial score (nSPS) is 36.1. The van der Waals surface area contributed by atoms with E-state index in [2.05, 4.69) is 0 Å². The van der Waals surface area contributed by atoms with Gasteiger partial charge in [0.15, 0.2) is 0 Å². The van der Waals surface area contributed by atoms with Crippen molar-refractivity contribution >= 4 is 5.91 Å². The highest BCUT2D eigenvalue weighted by molar-refractivity contribution is 5.80. The summed E-state index contributed by atoms with van der Waals surface area (Å²) in [5.41, 5.74) is 0. The summed E-state index contributed by atoms with van der Waals surface area (Å²) in [6.45, 7) is 0. The van der Waals surface area contributed by atoms with Crippen LogP contribution in [0, 0.1) is 0 Å². The maximum Gasteiger partial charge on any atom is 0.226 e. The Hall–Kier alpha value is -0.830. The lowest BCUT2D eigenvalue weighted by Gasteiger charge is -2.26. The molecule has 0 aromatic carbocycles. The number of aliphatic hydroxyl groups excluding tert-OH is 1. The molecule has 3 nitrogen and oxygen atoms in total. The minimum Gasteiger partial charge on any atom is -0.389 e. The lowest BCUT2D eigenvalue weighted by Crippen LogP contribution is -2.34. The molecule has 1 N–H and O–H groups in total. The Balaban J connectivity index is 2.19. The fourth-order valence-corrected chi connectivity index (χ4v) is 1.75. The molecule has 2 aliphatic rings. The van der Waals surface area contributed by atoms with Crippen LogP contribution in [0.15, 0.2) is 12.3 Å². The van der Waals surface area contributed by atoms with Crippen molar-refractivity contribution < 1.29 is 9.90 Å². The van der Waals surface area contributed by atoms with Crippen molar-refractivity contribution in [1.82, 2.24) is 4.90 Å². The summed E-state index contributed by atoms with van der Waals surface area (Å²) in [4.78, 5) is 12.9. The number of hydrogen-bond donors (Lipinski definition) is 1. The lowest BCUT2D eigenvalue weighted by molar-refractivity contribution is -0.126. The van der Waals surface area contributed by atoms with E-state index >= 15 is 0 Å². The van der Waals surface area contributed by atoms with Crippen molar-refractivity contribution in [1.29, 1.82) is 0 Å². The summed E-state index contributed by atoms with van der Waals surface area (Å²) in [5.74, 6) is 0.193. The van der Waals surface area contributed by atoms with Crippen molar-refractivity contribution in [2.45, 2.75) is 31.4 Å². The molecular weight excluding hydrogens is 142 g/mol. The van der Waals surface area contributed by atoms with E-state index in [4.69, 9.17) is 0 Å². The van der Waals surface area contributed by atoms with E-state index < -0.39 is 0 Å². The van der Waals surface area contributed by atoms with Crippen LogP contribution in [0.5, 0.6) is 0 Å². The SMILES string of the molecule is O=C1CCC2CC(O)C=CN12. The first kappa shape index (κ1) is 6.85. The van der Waals surface area contributed by atoms with Gasteiger partial charge in [-0.1, -0.05) is 0 Å². The second kappa shape index (κ2) is 2.34. The zero-order valence-electron chi connectivity index (χ0n) is 6.23. The van der Waals surface area contributed by atoms with Crippen LogP contribution >= 0.6 is 0 Å². The van der Waals surface area contributed by atoms with Crippen molar-refractivity contribution in [3.05, 3.63) is 12.3 Å². The van der Waals surface area contributed by atoms with E-state index in [1.54, 1.807) is 17.2 Å². The van der Waals surface area contributed by atoms with Crippen molar-refractivity contribution in [2.24, 2.45) is 0 Å². The van der Waals surface area contributed by atoms with Gasteiger partial charge in [0, 0.05) is 18.7 Å². The fourth-order valence-electron chi connectivity index (χ4n) is 1.75. The minimum atomic E-state index is -0.345. The standard InChI is InChI=1S/C8H11NO2/c10-7-3-4-9-6(5-7)1-2-8(9)11/h3-4,6-7,10H,1-2,5H2. The molecule has 3 heteroatoms. The summed E-state index contributed by atoms with van der Waals surface area (Å²) in [6.07, 6.45) is 5.31. The number of nitrogens with zero attached hydrogens (tertiary/aromatic N) is 1. The number of aliphatic hydroxyl groups is 1. The predicted molar refractivity (Wildman–Crippen MR) is 39.6 cm³/mol. The minimum absolute atomic E-state index is 0.193. The maximum absolute atomic E-state index is 11.1. The summed E-state index contributed by atoms with van der Waals surface area (Å²) in [7, 11) is 0. The molecule has 2 heterocycles. The van der Waals surface area contributed by atoms with Crippen molar-refractivity contribution in [3.8, 4) is 0 Å². The monoisotopic (exact) mass is 153 g/mol. The molecule has 60 valence electrons. The first-order valence-corrected chi connectivity index (χ1v) is 3.95. The van der Waals surface area contributed by atoms with Crippen LogP contribution in [-0.4, -0.2) is 28.1 Å². The highest BCUT2D eigenvalue weighted by Crippen LogP contribution is 2.26. The van der Waals surface area contributed by atoms with E-state index in [0.717, 1.165) is 6.42 Å². The van der Waals surface area contributed by atoms with Gasteiger partial charge in [0.05, 0.1) is 6.10 Å². The molecule has 2 rings (SSSR count). The number of hydrogen-bond acceptors (Lipinski definition) is 2. The molecule has 0 aromatic heterocycles. The lowest BCUT2D eigenvalue weighted by atomic mass is 10.0. The van der Waals surface area contributed by atoms with E-state index in [0.29, 0.717) is 12.8 Å². The zero-order chi connectivity index (χ0) is 7.84. The Kier molecular flexibility index (Phi) is 1.46. The summed E-state index contributed by atoms with van der Waals surface area (Å²) in [6, 6.07) is 0.266. The number of carbonyl (C=O) groups excluding carboxylic acids is 1. The van der Waals surface area contributed by atoms with Crippen LogP contribution in [0.1, 0.15) is 19.3 Å². The molecule has 0 aliphatic carbocycles. The van der Waals surface area contributed by atoms with Crippen LogP contribution in [0.2, 0.25) is 0 Å². The topological polar surface area (TPSA) is 40.5 Å². The zero-order valence-corrected chi connectivity index (χ0v) is 6.23. The first-order chi connectivity index (χ1) is 5.27. The molecule has 0 radical (unpaired) electrons. The Labute approximate surface area is 65.3 Å². The van der Waals surface area contributed by atoms with Gasteiger partial charge in [-0.25, -0.2) is 0 Å². The molecule has 2 atom stereocenters. The number of amides is 1. The largest absolute Gasteiger partial charge is 0.389 e. The van der Waals surface area contributed by atoms with Gasteiger partial charge in [0.25, 0.3) is 0 Å². The molecule has 1 saturated heterocycles. The third-order valence-corrected chi connectivity index (χ3v) is 2.36. The van der Waals surface area contributed by atoms with E-state index in [9.17, 15) is 9.90 Å². The van der Waals surface area contributed by atoms with Crippen LogP contribution in [0.4, 0.5) is 0 Å². The van der Waals surface area contributed by atoms with Crippen molar-refractivity contribution in [3.63, 3.8) is 0 Å². The van der Waals surface area contributed by atoms with Gasteiger partial charge < -0.3 is 10.0 Å². The van der Waals surface area contributed by atoms with Gasteiger partial charge in [-0.3, -0.25) is 4.79 Å². The predicted octanol–water partition coefficient (Wildman–Crippen LogP) is 0.256. The molecule has 1 fully saturated rings. The average Bonchev–Trinajstić information content (AvgIpc) is 2.32. The van der Waals surface area contributed by atoms with Gasteiger partial charge in [0.1, 0.15) is 0 Å². The van der Waals surface area contributed by atoms with Gasteiger partial charge in [-0.15, -0.1) is 0 Å². The molecule has 0 saturated carbocycles. The first-order valence-electron chi connectivity index (χ1n) is 3.95. The Morgan fingerprint density at radius 3 is 3.27 bits per heavy atom. The molecule has 0 spiro atoms. The number of rotatable bonds is 0. The third-order valence-electron chi connectivity index (χ3n) is 2.36. The maximum atomic E-state index is 11.1. The second-order valence-electron chi connectivity index (χ2n) is 3.14. The molecule has 1 amide bonds. The second-order valence-corrected chi connectivity index (χ2v) is 3.14. The van der Waals surface area contributed by atoms with Crippen LogP contribution in [0.3, 0.4) is 0 Å². The van der Waals surface area contributed by atoms with Crippen LogP contribution in [0.25, 0.3) is 0 Å². The van der Waals surface area contributed by atoms with Gasteiger partial charge in [0.2, 0.25) is 5.91 Å². The number of fused-ring (bicyclic) bond motifs is 1. The fraction of sp³-hybridized carbons (Fsp3) is 0.625. The van der Waals surface area contributed by atoms with Gasteiger partial charge in [-0.2, -0.15) is 0 Å². The molecule has 2 aliphatic heterocycles. The quantitative estimate of drug-likeness (QED) is 0.542. The molecule has 2 unspecified atom stereocenters. The van der Waals surface area contributed by atoms with Crippen LogP contribution in [-0.2, 0) is 4.79 Å². The molecule has 0 aromatic rings. The van der Waals surface area contributed by atoms with Gasteiger partial charge in [-0.05, 0) is 18.9 Å². The Bertz CT molecular complexity index is 212. The third kappa shape index (κ3) is 1.05. The van der Waals surface area contributed by atoms with Gasteiger partial charge >= 0.3 is 0 Å². The Morgan fingerprint density at radius 1 is 1.64 bits per heavy atom. The smallest absolute Gasteiger partial charge is 0.226 e. The van der Waals surface area contributed by atoms with E-state index in [1.807, 2.05) is 0 Å². The van der Waals surface area contributed by atoms with E-state index in [1.165, 1.54) is 0 Å². The van der Waals surface area contributed by atoms with Crippen LogP contribution < -0.4 is 0 Å². The highest BCUT2D eigenvalue weighted by atomic mass is 16.3. The average molecular weight is 153 g/mol. The Morgan fingerprint density at radius 2 is 2.45 bits per heavy atom. The summed E-state index contributed by atoms with van der Waals surface area (Å²) in [5, 5.41) is 9.22. The molecule has 11 heavy (non-hydrogen) atoms. The van der Waals surface area contributed by atoms with Crippen molar-refractivity contribution in [2.75, 3.05) is 0 Å². The summed E-state index contributed by atoms with van der Waals surface area (Å²) < 4.78 is 0. The van der Waals surface area contributed by atoms with E-state index in [-0.39, 0.29) is 18.1 Å². The molecule has 0 bridgehead atoms.